The van der Waals surface area contributed by atoms with E-state index in [4.69, 9.17) is 17.3 Å². The van der Waals surface area contributed by atoms with E-state index in [0.717, 1.165) is 24.4 Å². The number of hydrogen-bond acceptors (Lipinski definition) is 3. The van der Waals surface area contributed by atoms with Gasteiger partial charge in [0.15, 0.2) is 0 Å². The van der Waals surface area contributed by atoms with E-state index < -0.39 is 6.03 Å². The van der Waals surface area contributed by atoms with Crippen molar-refractivity contribution in [2.75, 3.05) is 13.1 Å². The predicted octanol–water partition coefficient (Wildman–Crippen LogP) is 2.06. The Balaban J connectivity index is 1.92. The van der Waals surface area contributed by atoms with Gasteiger partial charge in [0.05, 0.1) is 0 Å². The number of halogens is 1. The predicted molar refractivity (Wildman–Crippen MR) is 77.3 cm³/mol. The van der Waals surface area contributed by atoms with Gasteiger partial charge >= 0.3 is 6.03 Å². The van der Waals surface area contributed by atoms with Crippen molar-refractivity contribution in [1.29, 1.82) is 0 Å². The Kier molecular flexibility index (Phi) is 4.98. The number of likely N-dealkylation sites (tertiary alicyclic amines) is 1. The van der Waals surface area contributed by atoms with E-state index in [1.807, 2.05) is 24.3 Å². The summed E-state index contributed by atoms with van der Waals surface area (Å²) in [7, 11) is 0. The van der Waals surface area contributed by atoms with Gasteiger partial charge in [0.1, 0.15) is 0 Å². The summed E-state index contributed by atoms with van der Waals surface area (Å²) in [5, 5.41) is 2.81. The average molecular weight is 296 g/mol. The van der Waals surface area contributed by atoms with Crippen LogP contribution < -0.4 is 11.1 Å². The second kappa shape index (κ2) is 6.72. The zero-order valence-electron chi connectivity index (χ0n) is 11.1. The number of rotatable bonds is 4. The van der Waals surface area contributed by atoms with E-state index in [2.05, 4.69) is 10.2 Å². The van der Waals surface area contributed by atoms with Crippen LogP contribution in [0.25, 0.3) is 0 Å². The van der Waals surface area contributed by atoms with Crippen molar-refractivity contribution >= 4 is 23.5 Å². The van der Waals surface area contributed by atoms with Crippen LogP contribution in [0.4, 0.5) is 4.79 Å². The minimum absolute atomic E-state index is 0.271. The molecule has 2 rings (SSSR count). The van der Waals surface area contributed by atoms with E-state index in [9.17, 15) is 9.59 Å². The molecule has 1 aromatic rings. The maximum absolute atomic E-state index is 11.4. The second-order valence-electron chi connectivity index (χ2n) is 4.91. The summed E-state index contributed by atoms with van der Waals surface area (Å²) >= 11 is 5.90. The largest absolute Gasteiger partial charge is 0.351 e. The monoisotopic (exact) mass is 295 g/mol. The molecule has 0 radical (unpaired) electrons. The average Bonchev–Trinajstić information content (AvgIpc) is 2.85. The third-order valence-corrected chi connectivity index (χ3v) is 3.76. The Morgan fingerprint density at radius 3 is 2.70 bits per heavy atom. The van der Waals surface area contributed by atoms with Crippen LogP contribution in [0.15, 0.2) is 24.3 Å². The Hall–Kier alpha value is -1.59. The van der Waals surface area contributed by atoms with Gasteiger partial charge in [-0.3, -0.25) is 15.0 Å². The third kappa shape index (κ3) is 3.95. The van der Waals surface area contributed by atoms with Gasteiger partial charge in [0, 0.05) is 24.0 Å². The fraction of sp³-hybridized carbons (Fsp3) is 0.429. The van der Waals surface area contributed by atoms with E-state index >= 15 is 0 Å². The van der Waals surface area contributed by atoms with E-state index in [-0.39, 0.29) is 12.3 Å². The van der Waals surface area contributed by atoms with Gasteiger partial charge in [0.2, 0.25) is 5.91 Å². The fourth-order valence-corrected chi connectivity index (χ4v) is 2.73. The first-order valence-corrected chi connectivity index (χ1v) is 7.03. The highest BCUT2D eigenvalue weighted by Crippen LogP contribution is 2.32. The summed E-state index contributed by atoms with van der Waals surface area (Å²) in [4.78, 5) is 24.3. The van der Waals surface area contributed by atoms with Crippen molar-refractivity contribution in [1.82, 2.24) is 10.2 Å². The first-order chi connectivity index (χ1) is 9.56. The highest BCUT2D eigenvalue weighted by molar-refractivity contribution is 6.30. The quantitative estimate of drug-likeness (QED) is 0.893. The van der Waals surface area contributed by atoms with Crippen molar-refractivity contribution in [3.8, 4) is 0 Å². The van der Waals surface area contributed by atoms with E-state index in [0.29, 0.717) is 12.6 Å². The molecule has 1 aliphatic heterocycles. The molecule has 108 valence electrons. The number of primary amides is 1. The molecule has 6 heteroatoms. The molecule has 0 aromatic heterocycles. The Morgan fingerprint density at radius 1 is 1.35 bits per heavy atom. The lowest BCUT2D eigenvalue weighted by Crippen LogP contribution is -2.37. The van der Waals surface area contributed by atoms with Crippen LogP contribution in [-0.2, 0) is 4.79 Å². The van der Waals surface area contributed by atoms with Crippen molar-refractivity contribution in [2.24, 2.45) is 5.73 Å². The van der Waals surface area contributed by atoms with Crippen LogP contribution in [0.2, 0.25) is 5.02 Å². The topological polar surface area (TPSA) is 75.4 Å². The molecule has 0 saturated carbocycles. The van der Waals surface area contributed by atoms with E-state index in [1.54, 1.807) is 0 Å². The molecule has 1 aliphatic rings. The summed E-state index contributed by atoms with van der Waals surface area (Å²) in [6, 6.07) is 7.32. The van der Waals surface area contributed by atoms with Gasteiger partial charge in [-0.1, -0.05) is 23.7 Å². The molecule has 0 bridgehead atoms. The zero-order valence-corrected chi connectivity index (χ0v) is 11.9. The summed E-state index contributed by atoms with van der Waals surface area (Å²) < 4.78 is 0. The highest BCUT2D eigenvalue weighted by Gasteiger charge is 2.26. The van der Waals surface area contributed by atoms with E-state index in [1.165, 1.54) is 5.56 Å². The normalized spacial score (nSPS) is 18.9. The smallest absolute Gasteiger partial charge is 0.318 e. The van der Waals surface area contributed by atoms with Crippen LogP contribution >= 0.6 is 11.6 Å². The molecule has 3 amide bonds. The van der Waals surface area contributed by atoms with Crippen LogP contribution in [0, 0.1) is 0 Å². The molecule has 3 N–H and O–H groups in total. The molecule has 5 nitrogen and oxygen atoms in total. The third-order valence-electron chi connectivity index (χ3n) is 3.51. The summed E-state index contributed by atoms with van der Waals surface area (Å²) in [6.07, 6.45) is 2.44. The first-order valence-electron chi connectivity index (χ1n) is 6.65. The number of benzene rings is 1. The lowest BCUT2D eigenvalue weighted by atomic mass is 10.0. The van der Waals surface area contributed by atoms with Crippen molar-refractivity contribution < 1.29 is 9.59 Å². The number of imide groups is 1. The van der Waals surface area contributed by atoms with Gasteiger partial charge in [-0.05, 0) is 37.1 Å². The van der Waals surface area contributed by atoms with Crippen LogP contribution in [0.1, 0.15) is 30.9 Å². The molecule has 1 fully saturated rings. The molecule has 1 saturated heterocycles. The number of carbonyl (C=O) groups is 2. The number of nitrogens with zero attached hydrogens (tertiary/aromatic N) is 1. The van der Waals surface area contributed by atoms with Gasteiger partial charge in [0.25, 0.3) is 0 Å². The molecule has 1 unspecified atom stereocenters. The lowest BCUT2D eigenvalue weighted by molar-refractivity contribution is -0.120. The van der Waals surface area contributed by atoms with Crippen molar-refractivity contribution in [3.05, 3.63) is 34.9 Å². The molecule has 0 aliphatic carbocycles. The molecule has 1 aromatic carbocycles. The van der Waals surface area contributed by atoms with Crippen molar-refractivity contribution in [3.63, 3.8) is 0 Å². The molecular weight excluding hydrogens is 278 g/mol. The number of nitrogens with one attached hydrogen (secondary N) is 1. The zero-order chi connectivity index (χ0) is 14.5. The fourth-order valence-electron chi connectivity index (χ4n) is 2.60. The minimum Gasteiger partial charge on any atom is -0.351 e. The number of urea groups is 1. The Bertz CT molecular complexity index is 490. The van der Waals surface area contributed by atoms with Crippen LogP contribution in [0.5, 0.6) is 0 Å². The number of nitrogens with two attached hydrogens (primary N) is 1. The van der Waals surface area contributed by atoms with Gasteiger partial charge in [-0.2, -0.15) is 0 Å². The maximum Gasteiger partial charge on any atom is 0.318 e. The van der Waals surface area contributed by atoms with Crippen molar-refractivity contribution in [2.45, 2.75) is 25.3 Å². The standard InChI is InChI=1S/C14H18ClN3O2/c15-11-5-3-10(4-6-11)12-2-1-8-18(12)9-7-13(19)17-14(16)20/h3-6,12H,1-2,7-9H2,(H3,16,17,19,20). The first kappa shape index (κ1) is 14.8. The molecule has 0 spiro atoms. The lowest BCUT2D eigenvalue weighted by Gasteiger charge is -2.24. The molecule has 1 heterocycles. The number of carbonyl (C=O) groups excluding carboxylic acids is 2. The molecular formula is C14H18ClN3O2. The molecule has 1 atom stereocenters. The Labute approximate surface area is 123 Å². The number of hydrogen-bond donors (Lipinski definition) is 2. The van der Waals surface area contributed by atoms with Crippen LogP contribution in [0.3, 0.4) is 0 Å². The van der Waals surface area contributed by atoms with Gasteiger partial charge in [-0.15, -0.1) is 0 Å². The summed E-state index contributed by atoms with van der Waals surface area (Å²) in [6.45, 7) is 1.57. The highest BCUT2D eigenvalue weighted by atomic mass is 35.5. The van der Waals surface area contributed by atoms with Gasteiger partial charge < -0.3 is 5.73 Å². The Morgan fingerprint density at radius 2 is 2.05 bits per heavy atom. The number of amides is 3. The molecule has 20 heavy (non-hydrogen) atoms. The maximum atomic E-state index is 11.4. The minimum atomic E-state index is -0.800. The second-order valence-corrected chi connectivity index (χ2v) is 5.34. The van der Waals surface area contributed by atoms with Crippen LogP contribution in [-0.4, -0.2) is 29.9 Å². The summed E-state index contributed by atoms with van der Waals surface area (Å²) in [5.74, 6) is -0.334. The summed E-state index contributed by atoms with van der Waals surface area (Å²) in [5.41, 5.74) is 6.12. The SMILES string of the molecule is NC(=O)NC(=O)CCN1CCCC1c1ccc(Cl)cc1. The van der Waals surface area contributed by atoms with Gasteiger partial charge in [-0.25, -0.2) is 4.79 Å².